The zero-order valence-corrected chi connectivity index (χ0v) is 28.0. The molecule has 48 heavy (non-hydrogen) atoms. The van der Waals surface area contributed by atoms with Crippen molar-refractivity contribution in [2.75, 3.05) is 9.80 Å². The lowest BCUT2D eigenvalue weighted by molar-refractivity contribution is -0.0217. The first-order valence-electron chi connectivity index (χ1n) is 17.5. The van der Waals surface area contributed by atoms with Crippen LogP contribution in [0.5, 0.6) is 0 Å². The Morgan fingerprint density at radius 3 is 1.15 bits per heavy atom. The molecule has 1 saturated carbocycles. The standard InChI is InChI=1S/C40H42N8/c1-39(2)25-13-5-9-17-29(25)47(30-18-10-6-14-26(30)39)33-21-22-34(36-35(33)45-23-41-43-37(45)38-44-42-24-46(36)38)48-31-19-11-7-15-27(31)40(3,4)28-16-8-12-20-32(28)48/h5-20,23-24,33-38,43-44H,21-22H2,1-4H3. The molecule has 4 aromatic carbocycles. The van der Waals surface area contributed by atoms with E-state index in [1.54, 1.807) is 0 Å². The summed E-state index contributed by atoms with van der Waals surface area (Å²) in [6, 6.07) is 36.9. The predicted molar refractivity (Wildman–Crippen MR) is 193 cm³/mol. The van der Waals surface area contributed by atoms with Crippen LogP contribution in [0.2, 0.25) is 0 Å². The molecule has 1 saturated heterocycles. The minimum Gasteiger partial charge on any atom is -0.336 e. The van der Waals surface area contributed by atoms with E-state index in [4.69, 9.17) is 10.2 Å². The Morgan fingerprint density at radius 2 is 0.812 bits per heavy atom. The van der Waals surface area contributed by atoms with Crippen molar-refractivity contribution in [1.82, 2.24) is 20.7 Å². The van der Waals surface area contributed by atoms with Gasteiger partial charge in [0.2, 0.25) is 0 Å². The maximum atomic E-state index is 4.70. The Kier molecular flexibility index (Phi) is 5.72. The van der Waals surface area contributed by atoms with Gasteiger partial charge in [-0.2, -0.15) is 10.2 Å². The van der Waals surface area contributed by atoms with E-state index in [1.807, 2.05) is 0 Å². The Bertz CT molecular complexity index is 1760. The van der Waals surface area contributed by atoms with Gasteiger partial charge in [0.1, 0.15) is 12.7 Å². The molecule has 0 amide bonds. The number of benzene rings is 4. The summed E-state index contributed by atoms with van der Waals surface area (Å²) >= 11 is 0. The van der Waals surface area contributed by atoms with E-state index in [2.05, 4.69) is 168 Å². The molecule has 6 aliphatic rings. The lowest BCUT2D eigenvalue weighted by atomic mass is 9.70. The van der Waals surface area contributed by atoms with E-state index in [0.717, 1.165) is 12.8 Å². The topological polar surface area (TPSA) is 61.7 Å². The Labute approximate surface area is 282 Å². The summed E-state index contributed by atoms with van der Waals surface area (Å²) in [6.07, 6.45) is 6.12. The molecule has 8 heteroatoms. The van der Waals surface area contributed by atoms with E-state index in [9.17, 15) is 0 Å². The number of nitrogens with one attached hydrogen (secondary N) is 2. The highest BCUT2D eigenvalue weighted by atomic mass is 15.6. The van der Waals surface area contributed by atoms with Gasteiger partial charge in [-0.25, -0.2) is 0 Å². The largest absolute Gasteiger partial charge is 0.336 e. The smallest absolute Gasteiger partial charge is 0.157 e. The number of para-hydroxylation sites is 4. The van der Waals surface area contributed by atoms with E-state index in [1.165, 1.54) is 45.0 Å². The maximum absolute atomic E-state index is 4.70. The van der Waals surface area contributed by atoms with Gasteiger partial charge in [-0.05, 0) is 59.4 Å². The van der Waals surface area contributed by atoms with E-state index in [-0.39, 0.29) is 47.3 Å². The number of hydrogen-bond acceptors (Lipinski definition) is 8. The Balaban J connectivity index is 1.17. The van der Waals surface area contributed by atoms with Crippen molar-refractivity contribution in [1.29, 1.82) is 0 Å². The van der Waals surface area contributed by atoms with Crippen LogP contribution in [-0.2, 0) is 10.8 Å². The molecule has 242 valence electrons. The van der Waals surface area contributed by atoms with Crippen LogP contribution in [0.3, 0.4) is 0 Å². The average Bonchev–Trinajstić information content (AvgIpc) is 3.80. The van der Waals surface area contributed by atoms with Gasteiger partial charge in [0.15, 0.2) is 12.3 Å². The van der Waals surface area contributed by atoms with Crippen LogP contribution in [0.25, 0.3) is 0 Å². The van der Waals surface area contributed by atoms with Crippen LogP contribution in [0.15, 0.2) is 107 Å². The number of hydrazone groups is 2. The van der Waals surface area contributed by atoms with Crippen LogP contribution >= 0.6 is 0 Å². The minimum absolute atomic E-state index is 0.0263. The first-order chi connectivity index (χ1) is 23.4. The number of fused-ring (bicyclic) bond motifs is 10. The summed E-state index contributed by atoms with van der Waals surface area (Å²) in [4.78, 5) is 10.4. The van der Waals surface area contributed by atoms with Crippen molar-refractivity contribution in [3.63, 3.8) is 0 Å². The molecule has 0 aromatic heterocycles. The van der Waals surface area contributed by atoms with Gasteiger partial charge < -0.3 is 19.6 Å². The van der Waals surface area contributed by atoms with Crippen molar-refractivity contribution in [3.05, 3.63) is 119 Å². The molecule has 1 aliphatic carbocycles. The molecule has 2 N–H and O–H groups in total. The molecule has 5 heterocycles. The number of anilines is 4. The molecule has 0 radical (unpaired) electrons. The highest BCUT2D eigenvalue weighted by molar-refractivity contribution is 5.81. The van der Waals surface area contributed by atoms with Gasteiger partial charge >= 0.3 is 0 Å². The number of piperazine rings is 1. The molecular weight excluding hydrogens is 592 g/mol. The fourth-order valence-electron chi connectivity index (χ4n) is 10.2. The third-order valence-corrected chi connectivity index (χ3v) is 12.3. The lowest BCUT2D eigenvalue weighted by Gasteiger charge is -2.61. The Hall–Kier alpha value is -4.98. The van der Waals surface area contributed by atoms with E-state index in [0.29, 0.717) is 0 Å². The molecule has 0 bridgehead atoms. The van der Waals surface area contributed by atoms with Crippen molar-refractivity contribution in [2.45, 2.75) is 87.9 Å². The van der Waals surface area contributed by atoms with Gasteiger partial charge in [0.25, 0.3) is 0 Å². The summed E-state index contributed by atoms with van der Waals surface area (Å²) in [5, 5.41) is 9.39. The fraction of sp³-hybridized carbons (Fsp3) is 0.350. The van der Waals surface area contributed by atoms with Crippen LogP contribution in [0.4, 0.5) is 22.7 Å². The van der Waals surface area contributed by atoms with Crippen molar-refractivity contribution in [3.8, 4) is 0 Å². The summed E-state index contributed by atoms with van der Waals surface area (Å²) in [5.74, 6) is 0. The van der Waals surface area contributed by atoms with Crippen LogP contribution in [-0.4, -0.2) is 59.0 Å². The summed E-state index contributed by atoms with van der Waals surface area (Å²) in [5.41, 5.74) is 17.5. The second-order valence-corrected chi connectivity index (χ2v) is 15.3. The fourth-order valence-corrected chi connectivity index (χ4v) is 10.2. The summed E-state index contributed by atoms with van der Waals surface area (Å²) in [7, 11) is 0. The van der Waals surface area contributed by atoms with Crippen LogP contribution < -0.4 is 20.7 Å². The second-order valence-electron chi connectivity index (χ2n) is 15.3. The van der Waals surface area contributed by atoms with Crippen LogP contribution in [0, 0.1) is 0 Å². The van der Waals surface area contributed by atoms with Crippen LogP contribution in [0.1, 0.15) is 62.8 Å². The predicted octanol–water partition coefficient (Wildman–Crippen LogP) is 6.57. The van der Waals surface area contributed by atoms with E-state index < -0.39 is 0 Å². The molecule has 6 atom stereocenters. The van der Waals surface area contributed by atoms with E-state index >= 15 is 0 Å². The minimum atomic E-state index is -0.100. The first kappa shape index (κ1) is 28.1. The SMILES string of the molecule is CC1(C)c2ccccc2N(C2CCC(N3c4ccccc4C(C)(C)c4ccccc43)C3C2N2C=NNC2C2NN=CN23)c2ccccc21. The lowest BCUT2D eigenvalue weighted by Crippen LogP contribution is -2.78. The molecule has 6 unspecified atom stereocenters. The van der Waals surface area contributed by atoms with Gasteiger partial charge in [-0.1, -0.05) is 100 Å². The Morgan fingerprint density at radius 1 is 0.500 bits per heavy atom. The maximum Gasteiger partial charge on any atom is 0.157 e. The quantitative estimate of drug-likeness (QED) is 0.260. The van der Waals surface area contributed by atoms with Gasteiger partial charge in [-0.15, -0.1) is 0 Å². The molecule has 8 nitrogen and oxygen atoms in total. The summed E-state index contributed by atoms with van der Waals surface area (Å²) < 4.78 is 0. The summed E-state index contributed by atoms with van der Waals surface area (Å²) in [6.45, 7) is 9.50. The number of rotatable bonds is 2. The van der Waals surface area contributed by atoms with Crippen molar-refractivity contribution in [2.24, 2.45) is 10.2 Å². The monoisotopic (exact) mass is 634 g/mol. The highest BCUT2D eigenvalue weighted by Crippen LogP contribution is 2.55. The van der Waals surface area contributed by atoms with Gasteiger partial charge in [-0.3, -0.25) is 10.9 Å². The molecule has 0 spiro atoms. The number of nitrogens with zero attached hydrogens (tertiary/aromatic N) is 6. The first-order valence-corrected chi connectivity index (χ1v) is 17.5. The third-order valence-electron chi connectivity index (χ3n) is 12.3. The highest BCUT2D eigenvalue weighted by Gasteiger charge is 2.59. The van der Waals surface area contributed by atoms with Crippen molar-refractivity contribution >= 4 is 35.4 Å². The average molecular weight is 635 g/mol. The normalized spacial score (nSPS) is 29.4. The molecule has 4 aromatic rings. The van der Waals surface area contributed by atoms with Crippen molar-refractivity contribution < 1.29 is 0 Å². The zero-order valence-electron chi connectivity index (χ0n) is 28.0. The molecule has 10 rings (SSSR count). The van der Waals surface area contributed by atoms with Gasteiger partial charge in [0.05, 0.1) is 24.2 Å². The second kappa shape index (κ2) is 9.78. The third kappa shape index (κ3) is 3.55. The zero-order chi connectivity index (χ0) is 32.4. The molecule has 2 fully saturated rings. The number of hydrogen-bond donors (Lipinski definition) is 2. The molecule has 5 aliphatic heterocycles. The van der Waals surface area contributed by atoms with Gasteiger partial charge in [0, 0.05) is 33.6 Å². The molecular formula is C40H42N8.